The molecule has 4 aromatic rings. The molecular weight excluding hydrogens is 640 g/mol. The first-order valence-corrected chi connectivity index (χ1v) is 16.6. The molecule has 2 aromatic carbocycles. The number of benzene rings is 2. The number of ether oxygens (including phenoxy) is 1. The summed E-state index contributed by atoms with van der Waals surface area (Å²) in [7, 11) is 2.64. The van der Waals surface area contributed by atoms with Gasteiger partial charge in [0.2, 0.25) is 24.2 Å². The molecule has 5 rings (SSSR count). The fourth-order valence-electron chi connectivity index (χ4n) is 5.92. The average molecular weight is 685 g/mol. The number of carbonyl (C=O) groups is 3. The van der Waals surface area contributed by atoms with Gasteiger partial charge < -0.3 is 29.8 Å². The number of likely N-dealkylation sites (tertiary alicyclic amines) is 1. The second kappa shape index (κ2) is 16.3. The minimum Gasteiger partial charge on any atom is -0.453 e. The Morgan fingerprint density at radius 1 is 0.880 bits per heavy atom. The molecule has 14 heteroatoms. The first-order chi connectivity index (χ1) is 24.1. The van der Waals surface area contributed by atoms with Gasteiger partial charge in [-0.2, -0.15) is 4.89 Å². The van der Waals surface area contributed by atoms with Crippen LogP contribution in [0.1, 0.15) is 52.4 Å². The molecule has 0 radical (unpaired) electrons. The number of hydrogen-bond acceptors (Lipinski definition) is 9. The summed E-state index contributed by atoms with van der Waals surface area (Å²) in [5, 5.41) is 5.27. The van der Waals surface area contributed by atoms with Crippen molar-refractivity contribution in [3.05, 3.63) is 66.7 Å². The van der Waals surface area contributed by atoms with Crippen LogP contribution in [0.15, 0.2) is 65.9 Å². The molecule has 264 valence electrons. The number of amides is 3. The van der Waals surface area contributed by atoms with Crippen molar-refractivity contribution in [3.63, 3.8) is 0 Å². The number of anilines is 1. The number of H-pyrrole nitrogens is 2. The molecule has 4 N–H and O–H groups in total. The van der Waals surface area contributed by atoms with E-state index in [1.165, 1.54) is 20.6 Å². The highest BCUT2D eigenvalue weighted by Crippen LogP contribution is 2.34. The van der Waals surface area contributed by atoms with Crippen molar-refractivity contribution >= 4 is 30.3 Å². The van der Waals surface area contributed by atoms with E-state index >= 15 is 0 Å². The normalized spacial score (nSPS) is 15.8. The lowest BCUT2D eigenvalue weighted by Crippen LogP contribution is -2.47. The monoisotopic (exact) mass is 684 g/mol. The zero-order chi connectivity index (χ0) is 35.8. The smallest absolute Gasteiger partial charge is 0.407 e. The fraction of sp³-hybridized carbons (Fsp3) is 0.389. The van der Waals surface area contributed by atoms with E-state index in [1.54, 1.807) is 6.20 Å². The van der Waals surface area contributed by atoms with Crippen molar-refractivity contribution < 1.29 is 28.9 Å². The molecule has 0 saturated carbocycles. The van der Waals surface area contributed by atoms with Crippen LogP contribution in [0.2, 0.25) is 0 Å². The third-order valence-electron chi connectivity index (χ3n) is 8.64. The number of aromatic amines is 2. The van der Waals surface area contributed by atoms with E-state index in [1.807, 2.05) is 75.2 Å². The summed E-state index contributed by atoms with van der Waals surface area (Å²) in [6, 6.07) is 14.7. The molecule has 0 spiro atoms. The lowest BCUT2D eigenvalue weighted by Gasteiger charge is -2.27. The van der Waals surface area contributed by atoms with Gasteiger partial charge in [0.1, 0.15) is 17.9 Å². The average Bonchev–Trinajstić information content (AvgIpc) is 3.90. The molecule has 3 heterocycles. The van der Waals surface area contributed by atoms with Crippen molar-refractivity contribution in [1.29, 1.82) is 0 Å². The first-order valence-electron chi connectivity index (χ1n) is 16.6. The Kier molecular flexibility index (Phi) is 11.6. The Hall–Kier alpha value is -5.50. The molecule has 1 saturated heterocycles. The second-order valence-corrected chi connectivity index (χ2v) is 12.7. The molecule has 1 aliphatic heterocycles. The number of nitrogens with one attached hydrogen (secondary N) is 4. The summed E-state index contributed by atoms with van der Waals surface area (Å²) in [5.41, 5.74) is 5.55. The van der Waals surface area contributed by atoms with Gasteiger partial charge >= 0.3 is 6.09 Å². The molecule has 3 atom stereocenters. The maximum Gasteiger partial charge on any atom is 0.407 e. The molecular formula is C36H44N8O6. The SMILES string of the molecule is COO/C=N\[C@H](C(=O)N1CCC[C@H]1c1ncc(-c2ccc(-c3ccc(-c4cnc(NC(=O)[C@@H](NC(=O)OC)C(C)C)[nH]4)cc3)cc2)[nH]1)C(C)C. The van der Waals surface area contributed by atoms with Crippen LogP contribution >= 0.6 is 0 Å². The Labute approximate surface area is 291 Å². The maximum atomic E-state index is 13.5. The van der Waals surface area contributed by atoms with Crippen LogP contribution < -0.4 is 10.6 Å². The molecule has 50 heavy (non-hydrogen) atoms. The van der Waals surface area contributed by atoms with Crippen LogP contribution in [0.5, 0.6) is 0 Å². The van der Waals surface area contributed by atoms with Crippen LogP contribution in [0.25, 0.3) is 33.6 Å². The van der Waals surface area contributed by atoms with Crippen molar-refractivity contribution in [1.82, 2.24) is 30.2 Å². The summed E-state index contributed by atoms with van der Waals surface area (Å²) in [6.45, 7) is 8.21. The number of alkyl carbamates (subject to hydrolysis) is 1. The molecule has 1 fully saturated rings. The van der Waals surface area contributed by atoms with E-state index < -0.39 is 24.1 Å². The minimum atomic E-state index is -0.781. The summed E-state index contributed by atoms with van der Waals surface area (Å²) in [6.07, 6.45) is 5.65. The van der Waals surface area contributed by atoms with Crippen LogP contribution in [-0.4, -0.2) is 82.0 Å². The second-order valence-electron chi connectivity index (χ2n) is 12.7. The Morgan fingerprint density at radius 2 is 1.48 bits per heavy atom. The van der Waals surface area contributed by atoms with Gasteiger partial charge in [-0.1, -0.05) is 76.2 Å². The summed E-state index contributed by atoms with van der Waals surface area (Å²) < 4.78 is 4.63. The van der Waals surface area contributed by atoms with E-state index in [0.29, 0.717) is 6.54 Å². The summed E-state index contributed by atoms with van der Waals surface area (Å²) in [4.78, 5) is 69.0. The Bertz CT molecular complexity index is 1780. The highest BCUT2D eigenvalue weighted by molar-refractivity contribution is 5.95. The van der Waals surface area contributed by atoms with E-state index in [-0.39, 0.29) is 29.7 Å². The van der Waals surface area contributed by atoms with Gasteiger partial charge in [-0.25, -0.2) is 19.8 Å². The van der Waals surface area contributed by atoms with Crippen molar-refractivity contribution in [2.75, 3.05) is 26.1 Å². The van der Waals surface area contributed by atoms with Gasteiger partial charge in [-0.05, 0) is 46.9 Å². The standard InChI is InChI=1S/C36H44N8O6/c1-21(2)30(42-36(47)48-5)33(45)43-35-38-19-28(41-35)26-15-11-24(12-16-26)23-9-13-25(14-10-23)27-18-37-32(40-27)29-8-7-17-44(29)34(46)31(22(3)4)39-20-50-49-6/h9-16,18-22,29-31H,7-8,17H2,1-6H3,(H,37,40)(H,42,47)(H2,38,41,43,45)/b39-20-/t29-,30-,31-/m0/s1. The number of rotatable bonds is 13. The van der Waals surface area contributed by atoms with E-state index in [2.05, 4.69) is 57.3 Å². The van der Waals surface area contributed by atoms with Crippen LogP contribution in [0, 0.1) is 11.8 Å². The fourth-order valence-corrected chi connectivity index (χ4v) is 5.92. The zero-order valence-corrected chi connectivity index (χ0v) is 29.1. The lowest BCUT2D eigenvalue weighted by atomic mass is 10.0. The highest BCUT2D eigenvalue weighted by Gasteiger charge is 2.36. The molecule has 1 aliphatic rings. The minimum absolute atomic E-state index is 0.0119. The summed E-state index contributed by atoms with van der Waals surface area (Å²) >= 11 is 0. The van der Waals surface area contributed by atoms with Crippen molar-refractivity contribution in [2.24, 2.45) is 16.8 Å². The number of aliphatic imine (C=N–C) groups is 1. The van der Waals surface area contributed by atoms with Gasteiger partial charge in [0.15, 0.2) is 0 Å². The molecule has 0 bridgehead atoms. The molecule has 3 amide bonds. The molecule has 0 aliphatic carbocycles. The largest absolute Gasteiger partial charge is 0.453 e. The Balaban J connectivity index is 1.22. The number of carbonyl (C=O) groups excluding carboxylic acids is 3. The topological polar surface area (TPSA) is 176 Å². The lowest BCUT2D eigenvalue weighted by molar-refractivity contribution is -0.188. The van der Waals surface area contributed by atoms with Gasteiger partial charge in [-0.15, -0.1) is 0 Å². The number of imidazole rings is 2. The first kappa shape index (κ1) is 35.8. The van der Waals surface area contributed by atoms with E-state index in [0.717, 1.165) is 52.3 Å². The van der Waals surface area contributed by atoms with Crippen LogP contribution in [-0.2, 0) is 24.1 Å². The quantitative estimate of drug-likeness (QED) is 0.0596. The van der Waals surface area contributed by atoms with Crippen molar-refractivity contribution in [3.8, 4) is 33.6 Å². The molecule has 2 aromatic heterocycles. The summed E-state index contributed by atoms with van der Waals surface area (Å²) in [5.74, 6) is 0.400. The number of aromatic nitrogens is 4. The molecule has 0 unspecified atom stereocenters. The maximum absolute atomic E-state index is 13.5. The Morgan fingerprint density at radius 3 is 2.06 bits per heavy atom. The highest BCUT2D eigenvalue weighted by atomic mass is 17.2. The van der Waals surface area contributed by atoms with Gasteiger partial charge in [0.05, 0.1) is 44.0 Å². The predicted octanol–water partition coefficient (Wildman–Crippen LogP) is 5.75. The third kappa shape index (κ3) is 8.37. The van der Waals surface area contributed by atoms with Crippen LogP contribution in [0.3, 0.4) is 0 Å². The van der Waals surface area contributed by atoms with Gasteiger partial charge in [-0.3, -0.25) is 14.9 Å². The zero-order valence-electron chi connectivity index (χ0n) is 29.1. The van der Waals surface area contributed by atoms with Crippen LogP contribution in [0.4, 0.5) is 10.7 Å². The number of nitrogens with zero attached hydrogens (tertiary/aromatic N) is 4. The van der Waals surface area contributed by atoms with E-state index in [9.17, 15) is 14.4 Å². The van der Waals surface area contributed by atoms with E-state index in [4.69, 9.17) is 4.89 Å². The van der Waals surface area contributed by atoms with Gasteiger partial charge in [0.25, 0.3) is 0 Å². The van der Waals surface area contributed by atoms with Gasteiger partial charge in [0, 0.05) is 6.54 Å². The third-order valence-corrected chi connectivity index (χ3v) is 8.64. The number of methoxy groups -OCH3 is 1. The number of hydrogen-bond donors (Lipinski definition) is 4. The molecule has 14 nitrogen and oxygen atoms in total. The predicted molar refractivity (Wildman–Crippen MR) is 189 cm³/mol. The van der Waals surface area contributed by atoms with Crippen molar-refractivity contribution in [2.45, 2.75) is 58.7 Å².